The molecule has 1 atom stereocenters. The minimum Gasteiger partial charge on any atom is -0.480 e. The zero-order valence-electron chi connectivity index (χ0n) is 13.3. The number of aromatic nitrogens is 1. The number of carboxylic acids is 1. The molecule has 116 valence electrons. The van der Waals surface area contributed by atoms with E-state index in [4.69, 9.17) is 0 Å². The van der Waals surface area contributed by atoms with Gasteiger partial charge in [-0.25, -0.2) is 4.79 Å². The fraction of sp³-hybridized carbons (Fsp3) is 0.562. The van der Waals surface area contributed by atoms with Crippen LogP contribution in [-0.2, 0) is 4.79 Å². The Balaban J connectivity index is 2.91. The summed E-state index contributed by atoms with van der Waals surface area (Å²) in [4.78, 5) is 29.1. The van der Waals surface area contributed by atoms with Crippen LogP contribution in [0.1, 0.15) is 56.1 Å². The molecule has 0 saturated heterocycles. The lowest BCUT2D eigenvalue weighted by Gasteiger charge is -2.26. The first kappa shape index (κ1) is 17.1. The molecule has 1 heterocycles. The lowest BCUT2D eigenvalue weighted by Crippen LogP contribution is -2.43. The van der Waals surface area contributed by atoms with E-state index in [1.807, 2.05) is 33.8 Å². The van der Waals surface area contributed by atoms with Gasteiger partial charge in [0.1, 0.15) is 11.7 Å². The van der Waals surface area contributed by atoms with E-state index < -0.39 is 12.0 Å². The first-order valence-electron chi connectivity index (χ1n) is 7.20. The van der Waals surface area contributed by atoms with Crippen LogP contribution in [0.3, 0.4) is 0 Å². The number of nitrogens with zero attached hydrogens (tertiary/aromatic N) is 2. The number of carboxylic acid groups (broad SMARTS) is 1. The molecule has 0 bridgehead atoms. The van der Waals surface area contributed by atoms with Crippen LogP contribution in [0.5, 0.6) is 0 Å². The summed E-state index contributed by atoms with van der Waals surface area (Å²) in [6, 6.07) is 2.68. The summed E-state index contributed by atoms with van der Waals surface area (Å²) < 4.78 is 0. The van der Waals surface area contributed by atoms with E-state index in [1.54, 1.807) is 12.3 Å². The Morgan fingerprint density at radius 2 is 1.86 bits per heavy atom. The summed E-state index contributed by atoms with van der Waals surface area (Å²) in [5.41, 5.74) is 1.32. The number of pyridine rings is 1. The van der Waals surface area contributed by atoms with E-state index in [-0.39, 0.29) is 17.5 Å². The Bertz CT molecular complexity index is 495. The van der Waals surface area contributed by atoms with Crippen molar-refractivity contribution in [2.45, 2.75) is 46.1 Å². The molecular weight excluding hydrogens is 268 g/mol. The number of hydrogen-bond donors (Lipinski definition) is 1. The fourth-order valence-electron chi connectivity index (χ4n) is 2.07. The second-order valence-corrected chi connectivity index (χ2v) is 6.03. The van der Waals surface area contributed by atoms with Crippen LogP contribution < -0.4 is 0 Å². The molecule has 1 amide bonds. The van der Waals surface area contributed by atoms with E-state index in [2.05, 4.69) is 4.98 Å². The Hall–Kier alpha value is -1.91. The van der Waals surface area contributed by atoms with E-state index in [0.29, 0.717) is 12.3 Å². The number of hydrogen-bond acceptors (Lipinski definition) is 3. The Kier molecular flexibility index (Phi) is 5.88. The van der Waals surface area contributed by atoms with Gasteiger partial charge >= 0.3 is 5.97 Å². The van der Waals surface area contributed by atoms with E-state index in [1.165, 1.54) is 11.9 Å². The van der Waals surface area contributed by atoms with Crippen LogP contribution in [-0.4, -0.2) is 40.0 Å². The highest BCUT2D eigenvalue weighted by molar-refractivity contribution is 5.94. The number of amides is 1. The van der Waals surface area contributed by atoms with Crippen molar-refractivity contribution in [3.63, 3.8) is 0 Å². The maximum atomic E-state index is 12.4. The van der Waals surface area contributed by atoms with Crippen LogP contribution in [0.15, 0.2) is 18.3 Å². The predicted molar refractivity (Wildman–Crippen MR) is 81.3 cm³/mol. The predicted octanol–water partition coefficient (Wildman–Crippen LogP) is 2.78. The quantitative estimate of drug-likeness (QED) is 0.875. The molecule has 5 heteroatoms. The average Bonchev–Trinajstić information content (AvgIpc) is 2.42. The van der Waals surface area contributed by atoms with Crippen molar-refractivity contribution in [2.24, 2.45) is 5.92 Å². The summed E-state index contributed by atoms with van der Waals surface area (Å²) >= 11 is 0. The second kappa shape index (κ2) is 7.20. The van der Waals surface area contributed by atoms with Gasteiger partial charge in [-0.05, 0) is 29.9 Å². The second-order valence-electron chi connectivity index (χ2n) is 6.03. The monoisotopic (exact) mass is 292 g/mol. The summed E-state index contributed by atoms with van der Waals surface area (Å²) in [5.74, 6) is -0.818. The molecule has 1 rings (SSSR count). The highest BCUT2D eigenvalue weighted by Gasteiger charge is 2.28. The summed E-state index contributed by atoms with van der Waals surface area (Å²) in [6.45, 7) is 7.97. The number of carbonyl (C=O) groups excluding carboxylic acids is 1. The third kappa shape index (κ3) is 4.55. The van der Waals surface area contributed by atoms with Crippen molar-refractivity contribution >= 4 is 11.9 Å². The molecule has 0 unspecified atom stereocenters. The summed E-state index contributed by atoms with van der Waals surface area (Å²) in [5, 5.41) is 9.29. The van der Waals surface area contributed by atoms with Crippen LogP contribution in [0, 0.1) is 5.92 Å². The van der Waals surface area contributed by atoms with Crippen molar-refractivity contribution < 1.29 is 14.7 Å². The first-order valence-corrected chi connectivity index (χ1v) is 7.20. The maximum Gasteiger partial charge on any atom is 0.326 e. The lowest BCUT2D eigenvalue weighted by atomic mass is 10.0. The molecule has 1 N–H and O–H groups in total. The largest absolute Gasteiger partial charge is 0.480 e. The van der Waals surface area contributed by atoms with E-state index >= 15 is 0 Å². The van der Waals surface area contributed by atoms with Crippen LogP contribution in [0.4, 0.5) is 0 Å². The molecule has 21 heavy (non-hydrogen) atoms. The maximum absolute atomic E-state index is 12.4. The number of aliphatic carboxylic acids is 1. The van der Waals surface area contributed by atoms with Gasteiger partial charge in [0.15, 0.2) is 0 Å². The van der Waals surface area contributed by atoms with Gasteiger partial charge in [-0.3, -0.25) is 9.78 Å². The molecule has 0 radical (unpaired) electrons. The van der Waals surface area contributed by atoms with Gasteiger partial charge in [-0.2, -0.15) is 0 Å². The molecule has 0 aliphatic rings. The Morgan fingerprint density at radius 1 is 1.24 bits per heavy atom. The van der Waals surface area contributed by atoms with Crippen molar-refractivity contribution in [1.29, 1.82) is 0 Å². The number of carbonyl (C=O) groups is 2. The molecule has 0 saturated carbocycles. The number of rotatable bonds is 6. The molecule has 0 aliphatic carbocycles. The van der Waals surface area contributed by atoms with Gasteiger partial charge in [-0.15, -0.1) is 0 Å². The fourth-order valence-corrected chi connectivity index (χ4v) is 2.07. The van der Waals surface area contributed by atoms with Crippen molar-refractivity contribution in [1.82, 2.24) is 9.88 Å². The standard InChI is InChI=1S/C16H24N2O3/c1-10(2)8-14(16(20)21)18(5)15(19)13-7-6-12(9-17-13)11(3)4/h6-7,9-11,14H,8H2,1-5H3,(H,20,21)/t14-/m0/s1. The molecule has 1 aromatic heterocycles. The van der Waals surface area contributed by atoms with E-state index in [0.717, 1.165) is 5.56 Å². The van der Waals surface area contributed by atoms with Gasteiger partial charge in [-0.1, -0.05) is 33.8 Å². The average molecular weight is 292 g/mol. The van der Waals surface area contributed by atoms with Crippen LogP contribution >= 0.6 is 0 Å². The van der Waals surface area contributed by atoms with Crippen molar-refractivity contribution in [3.8, 4) is 0 Å². The highest BCUT2D eigenvalue weighted by atomic mass is 16.4. The highest BCUT2D eigenvalue weighted by Crippen LogP contribution is 2.16. The molecule has 5 nitrogen and oxygen atoms in total. The summed E-state index contributed by atoms with van der Waals surface area (Å²) in [6.07, 6.45) is 2.09. The first-order chi connectivity index (χ1) is 9.73. The van der Waals surface area contributed by atoms with Gasteiger partial charge in [0.25, 0.3) is 5.91 Å². The van der Waals surface area contributed by atoms with Crippen molar-refractivity contribution in [2.75, 3.05) is 7.05 Å². The third-order valence-corrected chi connectivity index (χ3v) is 3.44. The van der Waals surface area contributed by atoms with Gasteiger partial charge in [0.05, 0.1) is 0 Å². The molecule has 1 aromatic rings. The minimum atomic E-state index is -0.988. The zero-order chi connectivity index (χ0) is 16.2. The molecule has 0 spiro atoms. The summed E-state index contributed by atoms with van der Waals surface area (Å²) in [7, 11) is 1.52. The Labute approximate surface area is 126 Å². The zero-order valence-corrected chi connectivity index (χ0v) is 13.3. The van der Waals surface area contributed by atoms with Gasteiger partial charge < -0.3 is 10.0 Å². The Morgan fingerprint density at radius 3 is 2.24 bits per heavy atom. The topological polar surface area (TPSA) is 70.5 Å². The molecule has 0 fully saturated rings. The molecule has 0 aliphatic heterocycles. The van der Waals surface area contributed by atoms with Crippen LogP contribution in [0.2, 0.25) is 0 Å². The van der Waals surface area contributed by atoms with Crippen molar-refractivity contribution in [3.05, 3.63) is 29.6 Å². The normalized spacial score (nSPS) is 12.5. The van der Waals surface area contributed by atoms with E-state index in [9.17, 15) is 14.7 Å². The van der Waals surface area contributed by atoms with Gasteiger partial charge in [0.2, 0.25) is 0 Å². The minimum absolute atomic E-state index is 0.192. The molecular formula is C16H24N2O3. The van der Waals surface area contributed by atoms with Gasteiger partial charge in [0, 0.05) is 13.2 Å². The third-order valence-electron chi connectivity index (χ3n) is 3.44. The van der Waals surface area contributed by atoms with Crippen LogP contribution in [0.25, 0.3) is 0 Å². The SMILES string of the molecule is CC(C)C[C@@H](C(=O)O)N(C)C(=O)c1ccc(C(C)C)cn1. The smallest absolute Gasteiger partial charge is 0.326 e. The lowest BCUT2D eigenvalue weighted by molar-refractivity contribution is -0.142. The number of likely N-dealkylation sites (N-methyl/N-ethyl adjacent to an activating group) is 1. The molecule has 0 aromatic carbocycles.